The maximum absolute atomic E-state index is 12.9. The van der Waals surface area contributed by atoms with Crippen molar-refractivity contribution in [1.82, 2.24) is 0 Å². The predicted octanol–water partition coefficient (Wildman–Crippen LogP) is 6.68. The van der Waals surface area contributed by atoms with Gasteiger partial charge in [0.1, 0.15) is 22.0 Å². The van der Waals surface area contributed by atoms with Gasteiger partial charge in [-0.15, -0.1) is 10.2 Å². The molecular formula is C25H26N4O3S. The summed E-state index contributed by atoms with van der Waals surface area (Å²) >= 11 is 0. The maximum atomic E-state index is 12.9. The quantitative estimate of drug-likeness (QED) is 0.226. The molecule has 33 heavy (non-hydrogen) atoms. The molecule has 0 bridgehead atoms. The Morgan fingerprint density at radius 2 is 1.55 bits per heavy atom. The Morgan fingerprint density at radius 1 is 0.879 bits per heavy atom. The molecule has 170 valence electrons. The molecule has 0 radical (unpaired) electrons. The van der Waals surface area contributed by atoms with Crippen LogP contribution in [0.2, 0.25) is 0 Å². The summed E-state index contributed by atoms with van der Waals surface area (Å²) in [5, 5.41) is 20.0. The fourth-order valence-corrected chi connectivity index (χ4v) is 4.48. The molecule has 0 saturated carbocycles. The van der Waals surface area contributed by atoms with Crippen LogP contribution in [-0.2, 0) is 10.0 Å². The van der Waals surface area contributed by atoms with Crippen LogP contribution in [0.1, 0.15) is 19.4 Å². The molecule has 4 aromatic rings. The first-order valence-corrected chi connectivity index (χ1v) is 11.9. The second-order valence-corrected chi connectivity index (χ2v) is 8.68. The van der Waals surface area contributed by atoms with E-state index >= 15 is 0 Å². The first kappa shape index (κ1) is 23.7. The lowest BCUT2D eigenvalue weighted by Gasteiger charge is -2.10. The summed E-state index contributed by atoms with van der Waals surface area (Å²) in [4.78, 5) is -0.0264. The number of rotatable bonds is 5. The molecule has 0 unspecified atom stereocenters. The number of phenols is 1. The molecule has 0 aliphatic carbocycles. The van der Waals surface area contributed by atoms with Crippen molar-refractivity contribution in [1.29, 1.82) is 0 Å². The molecule has 0 aliphatic heterocycles. The molecule has 7 nitrogen and oxygen atoms in total. The number of nitrogens with zero attached hydrogens (tertiary/aromatic N) is 2. The molecule has 0 aromatic heterocycles. The number of aryl methyl sites for hydroxylation is 1. The number of benzene rings is 4. The summed E-state index contributed by atoms with van der Waals surface area (Å²) in [6.45, 7) is 5.87. The average Bonchev–Trinajstić information content (AvgIpc) is 2.80. The normalized spacial score (nSPS) is 11.2. The molecule has 4 rings (SSSR count). The largest absolute Gasteiger partial charge is 0.507 e. The zero-order valence-electron chi connectivity index (χ0n) is 18.6. The topological polar surface area (TPSA) is 117 Å². The standard InChI is InChI=1S/C23H20N4O3S.C2H6/c1-15-13-16-11-12-18(24)23(22(16)20(28)14-15)26-25-19-9-5-6-10-21(19)31(29,30)27-17-7-3-2-4-8-17;1-2/h2-14,27-28H,24H2,1H3;1-2H3. The summed E-state index contributed by atoms with van der Waals surface area (Å²) in [6.07, 6.45) is 0. The van der Waals surface area contributed by atoms with Crippen molar-refractivity contribution in [3.63, 3.8) is 0 Å². The molecule has 0 saturated heterocycles. The van der Waals surface area contributed by atoms with E-state index < -0.39 is 10.0 Å². The molecule has 0 amide bonds. The number of nitrogens with two attached hydrogens (primary N) is 1. The number of para-hydroxylation sites is 1. The summed E-state index contributed by atoms with van der Waals surface area (Å²) in [7, 11) is -3.90. The highest BCUT2D eigenvalue weighted by Crippen LogP contribution is 2.40. The zero-order valence-corrected chi connectivity index (χ0v) is 19.5. The van der Waals surface area contributed by atoms with Gasteiger partial charge in [-0.05, 0) is 54.3 Å². The van der Waals surface area contributed by atoms with Crippen LogP contribution in [0, 0.1) is 6.92 Å². The minimum atomic E-state index is -3.90. The van der Waals surface area contributed by atoms with Crippen molar-refractivity contribution >= 4 is 43.5 Å². The Bertz CT molecular complexity index is 1400. The van der Waals surface area contributed by atoms with Crippen LogP contribution in [0.3, 0.4) is 0 Å². The van der Waals surface area contributed by atoms with Gasteiger partial charge in [-0.3, -0.25) is 4.72 Å². The number of nitrogens with one attached hydrogen (secondary N) is 1. The number of anilines is 2. The Kier molecular flexibility index (Phi) is 7.30. The third-order valence-electron chi connectivity index (χ3n) is 4.68. The number of fused-ring (bicyclic) bond motifs is 1. The van der Waals surface area contributed by atoms with Crippen molar-refractivity contribution in [2.75, 3.05) is 10.5 Å². The Morgan fingerprint density at radius 3 is 2.27 bits per heavy atom. The van der Waals surface area contributed by atoms with Crippen LogP contribution in [0.4, 0.5) is 22.7 Å². The molecule has 0 heterocycles. The van der Waals surface area contributed by atoms with E-state index in [2.05, 4.69) is 15.0 Å². The Hall–Kier alpha value is -3.91. The van der Waals surface area contributed by atoms with Crippen LogP contribution in [0.15, 0.2) is 94.0 Å². The van der Waals surface area contributed by atoms with Gasteiger partial charge in [0.25, 0.3) is 10.0 Å². The fraction of sp³-hybridized carbons (Fsp3) is 0.120. The van der Waals surface area contributed by atoms with Crippen LogP contribution in [-0.4, -0.2) is 13.5 Å². The van der Waals surface area contributed by atoms with Crippen LogP contribution in [0.5, 0.6) is 5.75 Å². The number of azo groups is 1. The van der Waals surface area contributed by atoms with E-state index in [1.807, 2.05) is 26.8 Å². The number of nitrogen functional groups attached to an aromatic ring is 1. The lowest BCUT2D eigenvalue weighted by Crippen LogP contribution is -2.12. The van der Waals surface area contributed by atoms with Crippen LogP contribution < -0.4 is 10.5 Å². The molecule has 0 fully saturated rings. The van der Waals surface area contributed by atoms with Crippen LogP contribution in [0.25, 0.3) is 10.8 Å². The molecule has 0 spiro atoms. The second-order valence-electron chi connectivity index (χ2n) is 7.02. The van der Waals surface area contributed by atoms with E-state index in [4.69, 9.17) is 5.73 Å². The second kappa shape index (κ2) is 10.1. The van der Waals surface area contributed by atoms with Gasteiger partial charge in [-0.2, -0.15) is 0 Å². The molecule has 0 atom stereocenters. The van der Waals surface area contributed by atoms with Crippen molar-refractivity contribution < 1.29 is 13.5 Å². The van der Waals surface area contributed by atoms with Gasteiger partial charge in [0, 0.05) is 5.69 Å². The number of hydrogen-bond acceptors (Lipinski definition) is 6. The lowest BCUT2D eigenvalue weighted by atomic mass is 10.0. The molecule has 0 aliphatic rings. The zero-order chi connectivity index (χ0) is 24.0. The number of hydrogen-bond donors (Lipinski definition) is 3. The Labute approximate surface area is 193 Å². The van der Waals surface area contributed by atoms with E-state index in [0.29, 0.717) is 16.8 Å². The van der Waals surface area contributed by atoms with Gasteiger partial charge in [-0.25, -0.2) is 8.42 Å². The van der Waals surface area contributed by atoms with E-state index in [1.54, 1.807) is 66.7 Å². The van der Waals surface area contributed by atoms with Gasteiger partial charge >= 0.3 is 0 Å². The van der Waals surface area contributed by atoms with Crippen LogP contribution >= 0.6 is 0 Å². The highest BCUT2D eigenvalue weighted by Gasteiger charge is 2.19. The van der Waals surface area contributed by atoms with Crippen molar-refractivity contribution in [2.24, 2.45) is 10.2 Å². The van der Waals surface area contributed by atoms with E-state index in [1.165, 1.54) is 6.07 Å². The average molecular weight is 463 g/mol. The molecule has 4 aromatic carbocycles. The monoisotopic (exact) mass is 462 g/mol. The molecule has 4 N–H and O–H groups in total. The maximum Gasteiger partial charge on any atom is 0.264 e. The minimum Gasteiger partial charge on any atom is -0.507 e. The SMILES string of the molecule is CC.Cc1cc(O)c2c(N=Nc3ccccc3S(=O)(=O)Nc3ccccc3)c(N)ccc2c1. The van der Waals surface area contributed by atoms with Crippen molar-refractivity contribution in [3.8, 4) is 5.75 Å². The number of aromatic hydroxyl groups is 1. The lowest BCUT2D eigenvalue weighted by molar-refractivity contribution is 0.481. The summed E-state index contributed by atoms with van der Waals surface area (Å²) in [5.74, 6) is 0.0305. The minimum absolute atomic E-state index is 0.0264. The highest BCUT2D eigenvalue weighted by molar-refractivity contribution is 7.92. The van der Waals surface area contributed by atoms with Gasteiger partial charge in [0.05, 0.1) is 11.1 Å². The molecule has 8 heteroatoms. The summed E-state index contributed by atoms with van der Waals surface area (Å²) < 4.78 is 28.4. The van der Waals surface area contributed by atoms with Gasteiger partial charge < -0.3 is 10.8 Å². The Balaban J connectivity index is 0.00000149. The predicted molar refractivity (Wildman–Crippen MR) is 134 cm³/mol. The first-order chi connectivity index (χ1) is 15.8. The first-order valence-electron chi connectivity index (χ1n) is 10.5. The van der Waals surface area contributed by atoms with Crippen molar-refractivity contribution in [2.45, 2.75) is 25.7 Å². The van der Waals surface area contributed by atoms with Crippen molar-refractivity contribution in [3.05, 3.63) is 84.4 Å². The number of phenolic OH excluding ortho intramolecular Hbond substituents is 1. The smallest absolute Gasteiger partial charge is 0.264 e. The van der Waals surface area contributed by atoms with E-state index in [0.717, 1.165) is 10.9 Å². The summed E-state index contributed by atoms with van der Waals surface area (Å²) in [6, 6.07) is 21.8. The fourth-order valence-electron chi connectivity index (χ4n) is 3.28. The van der Waals surface area contributed by atoms with Gasteiger partial charge in [0.2, 0.25) is 0 Å². The highest BCUT2D eigenvalue weighted by atomic mass is 32.2. The summed E-state index contributed by atoms with van der Waals surface area (Å²) in [5.41, 5.74) is 8.16. The van der Waals surface area contributed by atoms with Gasteiger partial charge in [-0.1, -0.05) is 56.3 Å². The third kappa shape index (κ3) is 5.30. The van der Waals surface area contributed by atoms with E-state index in [-0.39, 0.29) is 22.0 Å². The van der Waals surface area contributed by atoms with E-state index in [9.17, 15) is 13.5 Å². The molecular weight excluding hydrogens is 436 g/mol. The third-order valence-corrected chi connectivity index (χ3v) is 6.11. The van der Waals surface area contributed by atoms with Gasteiger partial charge in [0.15, 0.2) is 0 Å². The number of sulfonamides is 1.